The Kier molecular flexibility index (Phi) is 5.01. The highest BCUT2D eigenvalue weighted by Gasteiger charge is 2.36. The number of hydrogen-bond acceptors (Lipinski definition) is 2. The molecule has 2 atom stereocenters. The van der Waals surface area contributed by atoms with Gasteiger partial charge >= 0.3 is 0 Å². The Labute approximate surface area is 130 Å². The quantitative estimate of drug-likeness (QED) is 0.796. The van der Waals surface area contributed by atoms with Gasteiger partial charge in [-0.05, 0) is 46.8 Å². The number of pyridine rings is 1. The molecule has 2 unspecified atom stereocenters. The number of carbonyl (C=O) groups excluding carboxylic acids is 1. The Morgan fingerprint density at radius 2 is 2.42 bits per heavy atom. The molecule has 1 aliphatic carbocycles. The zero-order valence-electron chi connectivity index (χ0n) is 11.0. The van der Waals surface area contributed by atoms with E-state index in [0.29, 0.717) is 11.6 Å². The molecule has 0 aromatic carbocycles. The second kappa shape index (κ2) is 6.35. The van der Waals surface area contributed by atoms with E-state index < -0.39 is 0 Å². The minimum atomic E-state index is -0.133. The van der Waals surface area contributed by atoms with E-state index in [1.165, 1.54) is 6.42 Å². The molecule has 5 heteroatoms. The first-order chi connectivity index (χ1) is 9.06. The van der Waals surface area contributed by atoms with Crippen molar-refractivity contribution in [2.45, 2.75) is 38.1 Å². The first-order valence-electron chi connectivity index (χ1n) is 6.55. The van der Waals surface area contributed by atoms with E-state index in [1.807, 2.05) is 12.1 Å². The molecule has 0 radical (unpaired) electrons. The number of alkyl halides is 1. The molecular weight excluding hydrogens is 372 g/mol. The van der Waals surface area contributed by atoms with Crippen LogP contribution in [0, 0.1) is 5.92 Å². The van der Waals surface area contributed by atoms with Crippen LogP contribution in [0.25, 0.3) is 0 Å². The molecule has 1 heterocycles. The number of rotatable bonds is 3. The van der Waals surface area contributed by atoms with E-state index >= 15 is 0 Å². The lowest BCUT2D eigenvalue weighted by atomic mass is 9.77. The number of nitrogens with zero attached hydrogens (tertiary/aromatic N) is 1. The molecule has 0 bridgehead atoms. The second-order valence-corrected chi connectivity index (χ2v) is 6.82. The lowest BCUT2D eigenvalue weighted by molar-refractivity contribution is 0.0863. The highest BCUT2D eigenvalue weighted by molar-refractivity contribution is 9.10. The van der Waals surface area contributed by atoms with Crippen molar-refractivity contribution in [3.05, 3.63) is 28.5 Å². The van der Waals surface area contributed by atoms with Gasteiger partial charge in [-0.1, -0.05) is 35.7 Å². The summed E-state index contributed by atoms with van der Waals surface area (Å²) < 4.78 is 0.737. The van der Waals surface area contributed by atoms with E-state index in [1.54, 1.807) is 6.20 Å². The van der Waals surface area contributed by atoms with Gasteiger partial charge in [-0.3, -0.25) is 4.79 Å². The Morgan fingerprint density at radius 3 is 3.05 bits per heavy atom. The largest absolute Gasteiger partial charge is 0.344 e. The van der Waals surface area contributed by atoms with Crippen LogP contribution in [0.3, 0.4) is 0 Å². The molecule has 0 spiro atoms. The van der Waals surface area contributed by atoms with Crippen LogP contribution in [0.5, 0.6) is 0 Å². The predicted octanol–water partition coefficient (Wildman–Crippen LogP) is 3.92. The molecule has 0 saturated heterocycles. The van der Waals surface area contributed by atoms with Crippen molar-refractivity contribution in [3.8, 4) is 0 Å². The summed E-state index contributed by atoms with van der Waals surface area (Å²) in [4.78, 5) is 16.5. The average Bonchev–Trinajstić information content (AvgIpc) is 2.39. The summed E-state index contributed by atoms with van der Waals surface area (Å²) in [5.41, 5.74) is 0.326. The molecule has 1 aliphatic rings. The van der Waals surface area contributed by atoms with Crippen LogP contribution in [0.4, 0.5) is 0 Å². The van der Waals surface area contributed by atoms with Crippen LogP contribution in [-0.2, 0) is 0 Å². The summed E-state index contributed by atoms with van der Waals surface area (Å²) in [7, 11) is 0. The Bertz CT molecular complexity index is 467. The Hall–Kier alpha value is -0.420. The minimum absolute atomic E-state index is 0.0963. The molecule has 1 N–H and O–H groups in total. The number of amides is 1. The van der Waals surface area contributed by atoms with E-state index in [0.717, 1.165) is 29.1 Å². The first-order valence-corrected chi connectivity index (χ1v) is 8.47. The predicted molar refractivity (Wildman–Crippen MR) is 83.6 cm³/mol. The fraction of sp³-hybridized carbons (Fsp3) is 0.571. The molecule has 1 saturated carbocycles. The maximum absolute atomic E-state index is 12.4. The van der Waals surface area contributed by atoms with Crippen LogP contribution in [-0.4, -0.2) is 21.8 Å². The zero-order chi connectivity index (χ0) is 13.9. The van der Waals surface area contributed by atoms with Crippen molar-refractivity contribution in [3.63, 3.8) is 0 Å². The van der Waals surface area contributed by atoms with Crippen molar-refractivity contribution in [2.24, 2.45) is 5.92 Å². The van der Waals surface area contributed by atoms with Crippen LogP contribution in [0.2, 0.25) is 0 Å². The molecule has 19 heavy (non-hydrogen) atoms. The average molecular weight is 390 g/mol. The van der Waals surface area contributed by atoms with Crippen molar-refractivity contribution < 1.29 is 4.79 Å². The summed E-state index contributed by atoms with van der Waals surface area (Å²) in [6, 6.07) is 3.65. The fourth-order valence-corrected chi connectivity index (χ4v) is 3.87. The van der Waals surface area contributed by atoms with Crippen LogP contribution in [0.1, 0.15) is 43.1 Å². The molecule has 2 rings (SSSR count). The summed E-state index contributed by atoms with van der Waals surface area (Å²) in [6.45, 7) is 2.25. The van der Waals surface area contributed by atoms with Crippen molar-refractivity contribution >= 4 is 37.8 Å². The van der Waals surface area contributed by atoms with Gasteiger partial charge in [-0.25, -0.2) is 4.98 Å². The summed E-state index contributed by atoms with van der Waals surface area (Å²) in [6.07, 6.45) is 6.10. The van der Waals surface area contributed by atoms with Gasteiger partial charge in [0.1, 0.15) is 5.69 Å². The van der Waals surface area contributed by atoms with E-state index in [2.05, 4.69) is 49.1 Å². The molecular formula is C14H18Br2N2O. The zero-order valence-corrected chi connectivity index (χ0v) is 14.1. The second-order valence-electron chi connectivity index (χ2n) is 5.40. The van der Waals surface area contributed by atoms with Gasteiger partial charge in [0.2, 0.25) is 0 Å². The van der Waals surface area contributed by atoms with E-state index in [-0.39, 0.29) is 11.4 Å². The van der Waals surface area contributed by atoms with Crippen LogP contribution in [0.15, 0.2) is 22.8 Å². The summed E-state index contributed by atoms with van der Waals surface area (Å²) in [5.74, 6) is 0.555. The number of hydrogen-bond donors (Lipinski definition) is 1. The fourth-order valence-electron chi connectivity index (χ4n) is 2.78. The third kappa shape index (κ3) is 3.57. The van der Waals surface area contributed by atoms with Crippen molar-refractivity contribution in [1.29, 1.82) is 0 Å². The van der Waals surface area contributed by atoms with E-state index in [9.17, 15) is 4.79 Å². The SMILES string of the molecule is CC1CCCC(CBr)(NC(=O)c2ncccc2Br)C1. The van der Waals surface area contributed by atoms with Crippen molar-refractivity contribution in [2.75, 3.05) is 5.33 Å². The van der Waals surface area contributed by atoms with Gasteiger partial charge in [-0.2, -0.15) is 0 Å². The number of carbonyl (C=O) groups is 1. The highest BCUT2D eigenvalue weighted by atomic mass is 79.9. The Balaban J connectivity index is 2.14. The van der Waals surface area contributed by atoms with Gasteiger partial charge in [0.15, 0.2) is 0 Å². The number of halogens is 2. The monoisotopic (exact) mass is 388 g/mol. The minimum Gasteiger partial charge on any atom is -0.344 e. The number of nitrogens with one attached hydrogen (secondary N) is 1. The van der Waals surface area contributed by atoms with Crippen molar-refractivity contribution in [1.82, 2.24) is 10.3 Å². The first kappa shape index (κ1) is 15.0. The summed E-state index contributed by atoms with van der Waals surface area (Å²) >= 11 is 6.95. The molecule has 1 aromatic heterocycles. The smallest absolute Gasteiger partial charge is 0.271 e. The van der Waals surface area contributed by atoms with Gasteiger partial charge < -0.3 is 5.32 Å². The maximum Gasteiger partial charge on any atom is 0.271 e. The molecule has 1 aromatic rings. The molecule has 1 fully saturated rings. The van der Waals surface area contributed by atoms with Crippen LogP contribution >= 0.6 is 31.9 Å². The molecule has 1 amide bonds. The van der Waals surface area contributed by atoms with Gasteiger partial charge in [0.25, 0.3) is 5.91 Å². The molecule has 104 valence electrons. The Morgan fingerprint density at radius 1 is 1.63 bits per heavy atom. The van der Waals surface area contributed by atoms with Gasteiger partial charge in [0, 0.05) is 16.0 Å². The molecule has 3 nitrogen and oxygen atoms in total. The van der Waals surface area contributed by atoms with Gasteiger partial charge in [-0.15, -0.1) is 0 Å². The lowest BCUT2D eigenvalue weighted by Crippen LogP contribution is -2.52. The third-order valence-corrected chi connectivity index (χ3v) is 5.41. The maximum atomic E-state index is 12.4. The van der Waals surface area contributed by atoms with Gasteiger partial charge in [0.05, 0.1) is 5.54 Å². The lowest BCUT2D eigenvalue weighted by Gasteiger charge is -2.39. The topological polar surface area (TPSA) is 42.0 Å². The standard InChI is InChI=1S/C14H18Br2N2O/c1-10-4-2-6-14(8-10,9-15)18-13(19)12-11(16)5-3-7-17-12/h3,5,7,10H,2,4,6,8-9H2,1H3,(H,18,19). The highest BCUT2D eigenvalue weighted by Crippen LogP contribution is 2.34. The normalized spacial score (nSPS) is 27.0. The third-order valence-electron chi connectivity index (χ3n) is 3.70. The summed E-state index contributed by atoms with van der Waals surface area (Å²) in [5, 5.41) is 3.98. The molecule has 0 aliphatic heterocycles. The van der Waals surface area contributed by atoms with E-state index in [4.69, 9.17) is 0 Å². The number of aromatic nitrogens is 1. The van der Waals surface area contributed by atoms with Crippen LogP contribution < -0.4 is 5.32 Å².